The van der Waals surface area contributed by atoms with Gasteiger partial charge in [0.2, 0.25) is 0 Å². The largest absolute Gasteiger partial charge is 0.330 e. The number of amides is 2. The maximum Gasteiger partial charge on any atom is 0.319 e. The Balaban J connectivity index is 1.64. The number of carbonyl (C=O) groups excluding carboxylic acids is 2. The van der Waals surface area contributed by atoms with Crippen molar-refractivity contribution >= 4 is 17.5 Å². The standard InChI is InChI=1S/C19H19N5O2/c1-13(18-12-24(23-22-18)17-9-4-3-5-10-17)20-19(26)21-16-8-6-7-15(11-16)14(2)25/h3-13H,1-2H3,(H2,20,21,26). The van der Waals surface area contributed by atoms with E-state index in [9.17, 15) is 9.59 Å². The maximum atomic E-state index is 12.2. The van der Waals surface area contributed by atoms with Crippen LogP contribution in [0.25, 0.3) is 5.69 Å². The average molecular weight is 349 g/mol. The topological polar surface area (TPSA) is 88.9 Å². The van der Waals surface area contributed by atoms with Gasteiger partial charge in [-0.25, -0.2) is 9.48 Å². The van der Waals surface area contributed by atoms with Gasteiger partial charge in [-0.1, -0.05) is 35.5 Å². The van der Waals surface area contributed by atoms with E-state index in [1.54, 1.807) is 35.1 Å². The van der Waals surface area contributed by atoms with E-state index >= 15 is 0 Å². The Bertz CT molecular complexity index is 920. The molecule has 1 atom stereocenters. The fourth-order valence-electron chi connectivity index (χ4n) is 2.44. The SMILES string of the molecule is CC(=O)c1cccc(NC(=O)NC(C)c2cn(-c3ccccc3)nn2)c1. The van der Waals surface area contributed by atoms with Gasteiger partial charge in [-0.15, -0.1) is 5.10 Å². The summed E-state index contributed by atoms with van der Waals surface area (Å²) in [6.45, 7) is 3.31. The third-order valence-electron chi connectivity index (χ3n) is 3.85. The van der Waals surface area contributed by atoms with Gasteiger partial charge in [0, 0.05) is 11.3 Å². The first-order valence-electron chi connectivity index (χ1n) is 8.19. The molecule has 7 heteroatoms. The van der Waals surface area contributed by atoms with Gasteiger partial charge in [-0.3, -0.25) is 4.79 Å². The number of urea groups is 1. The van der Waals surface area contributed by atoms with Crippen molar-refractivity contribution < 1.29 is 9.59 Å². The number of hydrogen-bond acceptors (Lipinski definition) is 4. The van der Waals surface area contributed by atoms with Crippen LogP contribution >= 0.6 is 0 Å². The maximum absolute atomic E-state index is 12.2. The second-order valence-corrected chi connectivity index (χ2v) is 5.88. The first-order valence-corrected chi connectivity index (χ1v) is 8.19. The Kier molecular flexibility index (Phi) is 5.07. The third-order valence-corrected chi connectivity index (χ3v) is 3.85. The summed E-state index contributed by atoms with van der Waals surface area (Å²) < 4.78 is 1.65. The lowest BCUT2D eigenvalue weighted by atomic mass is 10.1. The fourth-order valence-corrected chi connectivity index (χ4v) is 2.44. The molecule has 0 aliphatic heterocycles. The molecule has 3 aromatic rings. The molecule has 0 aliphatic rings. The summed E-state index contributed by atoms with van der Waals surface area (Å²) >= 11 is 0. The van der Waals surface area contributed by atoms with Crippen molar-refractivity contribution in [3.8, 4) is 5.69 Å². The van der Waals surface area contributed by atoms with E-state index in [0.717, 1.165) is 5.69 Å². The Hall–Kier alpha value is -3.48. The summed E-state index contributed by atoms with van der Waals surface area (Å²) in [6.07, 6.45) is 1.77. The number of ketones is 1. The quantitative estimate of drug-likeness (QED) is 0.691. The van der Waals surface area contributed by atoms with Crippen molar-refractivity contribution in [2.45, 2.75) is 19.9 Å². The highest BCUT2D eigenvalue weighted by Gasteiger charge is 2.14. The second kappa shape index (κ2) is 7.60. The van der Waals surface area contributed by atoms with Crippen LogP contribution in [0, 0.1) is 0 Å². The summed E-state index contributed by atoms with van der Waals surface area (Å²) in [5.41, 5.74) is 2.63. The van der Waals surface area contributed by atoms with Crippen LogP contribution in [0.2, 0.25) is 0 Å². The molecule has 0 saturated carbocycles. The molecule has 0 spiro atoms. The van der Waals surface area contributed by atoms with Crippen molar-refractivity contribution in [2.24, 2.45) is 0 Å². The lowest BCUT2D eigenvalue weighted by Crippen LogP contribution is -2.31. The van der Waals surface area contributed by atoms with Crippen molar-refractivity contribution in [3.05, 3.63) is 72.1 Å². The predicted molar refractivity (Wildman–Crippen MR) is 98.4 cm³/mol. The van der Waals surface area contributed by atoms with E-state index in [-0.39, 0.29) is 17.9 Å². The molecule has 3 rings (SSSR count). The Morgan fingerprint density at radius 1 is 1.08 bits per heavy atom. The van der Waals surface area contributed by atoms with Gasteiger partial charge < -0.3 is 10.6 Å². The van der Waals surface area contributed by atoms with Crippen LogP contribution in [0.15, 0.2) is 60.8 Å². The van der Waals surface area contributed by atoms with Crippen molar-refractivity contribution in [1.29, 1.82) is 0 Å². The Morgan fingerprint density at radius 2 is 1.85 bits per heavy atom. The number of benzene rings is 2. The van der Waals surface area contributed by atoms with Gasteiger partial charge in [-0.05, 0) is 38.1 Å². The normalized spacial score (nSPS) is 11.6. The highest BCUT2D eigenvalue weighted by Crippen LogP contribution is 2.14. The van der Waals surface area contributed by atoms with Crippen molar-refractivity contribution in [3.63, 3.8) is 0 Å². The zero-order valence-electron chi connectivity index (χ0n) is 14.5. The second-order valence-electron chi connectivity index (χ2n) is 5.88. The van der Waals surface area contributed by atoms with E-state index in [0.29, 0.717) is 16.9 Å². The molecule has 2 aromatic carbocycles. The lowest BCUT2D eigenvalue weighted by Gasteiger charge is -2.12. The molecule has 0 saturated heterocycles. The van der Waals surface area contributed by atoms with E-state index in [1.807, 2.05) is 37.3 Å². The predicted octanol–water partition coefficient (Wildman–Crippen LogP) is 3.35. The summed E-state index contributed by atoms with van der Waals surface area (Å²) in [4.78, 5) is 23.6. The van der Waals surface area contributed by atoms with Gasteiger partial charge in [0.25, 0.3) is 0 Å². The lowest BCUT2D eigenvalue weighted by molar-refractivity contribution is 0.101. The molecule has 0 bridgehead atoms. The first-order chi connectivity index (χ1) is 12.5. The molecule has 7 nitrogen and oxygen atoms in total. The number of hydrogen-bond donors (Lipinski definition) is 2. The van der Waals surface area contributed by atoms with Crippen LogP contribution in [0.4, 0.5) is 10.5 Å². The molecule has 26 heavy (non-hydrogen) atoms. The van der Waals surface area contributed by atoms with Crippen LogP contribution in [-0.2, 0) is 0 Å². The molecule has 0 fully saturated rings. The molecule has 2 N–H and O–H groups in total. The van der Waals surface area contributed by atoms with Gasteiger partial charge in [0.15, 0.2) is 5.78 Å². The third kappa shape index (κ3) is 4.13. The molecule has 1 aromatic heterocycles. The number of nitrogens with zero attached hydrogens (tertiary/aromatic N) is 3. The highest BCUT2D eigenvalue weighted by molar-refractivity contribution is 5.96. The van der Waals surface area contributed by atoms with Crippen LogP contribution in [0.1, 0.15) is 35.9 Å². The summed E-state index contributed by atoms with van der Waals surface area (Å²) in [7, 11) is 0. The number of Topliss-reactive ketones (excluding diaryl/α,β-unsaturated/α-hetero) is 1. The number of rotatable bonds is 5. The van der Waals surface area contributed by atoms with Crippen molar-refractivity contribution in [1.82, 2.24) is 20.3 Å². The van der Waals surface area contributed by atoms with Crippen LogP contribution in [-0.4, -0.2) is 26.8 Å². The molecular weight excluding hydrogens is 330 g/mol. The van der Waals surface area contributed by atoms with Crippen LogP contribution in [0.5, 0.6) is 0 Å². The monoisotopic (exact) mass is 349 g/mol. The Labute approximate surface area is 151 Å². The minimum Gasteiger partial charge on any atom is -0.330 e. The van der Waals surface area contributed by atoms with E-state index in [4.69, 9.17) is 0 Å². The summed E-state index contributed by atoms with van der Waals surface area (Å²) in [6, 6.07) is 15.7. The van der Waals surface area contributed by atoms with Gasteiger partial charge in [0.05, 0.1) is 17.9 Å². The van der Waals surface area contributed by atoms with Crippen molar-refractivity contribution in [2.75, 3.05) is 5.32 Å². The van der Waals surface area contributed by atoms with Crippen LogP contribution < -0.4 is 10.6 Å². The molecular formula is C19H19N5O2. The number of para-hydroxylation sites is 1. The highest BCUT2D eigenvalue weighted by atomic mass is 16.2. The average Bonchev–Trinajstić information content (AvgIpc) is 3.13. The van der Waals surface area contributed by atoms with Gasteiger partial charge in [0.1, 0.15) is 5.69 Å². The summed E-state index contributed by atoms with van der Waals surface area (Å²) in [5.74, 6) is -0.0556. The molecule has 0 radical (unpaired) electrons. The molecule has 1 unspecified atom stereocenters. The number of nitrogens with one attached hydrogen (secondary N) is 2. The minimum absolute atomic E-state index is 0.0556. The fraction of sp³-hybridized carbons (Fsp3) is 0.158. The Morgan fingerprint density at radius 3 is 2.58 bits per heavy atom. The molecule has 0 aliphatic carbocycles. The zero-order chi connectivity index (χ0) is 18.5. The molecule has 2 amide bonds. The minimum atomic E-state index is -0.382. The molecule has 132 valence electrons. The zero-order valence-corrected chi connectivity index (χ0v) is 14.5. The van der Waals surface area contributed by atoms with Crippen LogP contribution in [0.3, 0.4) is 0 Å². The number of anilines is 1. The van der Waals surface area contributed by atoms with E-state index in [1.165, 1.54) is 6.92 Å². The first kappa shape index (κ1) is 17.3. The smallest absolute Gasteiger partial charge is 0.319 e. The van der Waals surface area contributed by atoms with E-state index < -0.39 is 0 Å². The number of aromatic nitrogens is 3. The number of carbonyl (C=O) groups is 2. The van der Waals surface area contributed by atoms with Gasteiger partial charge >= 0.3 is 6.03 Å². The van der Waals surface area contributed by atoms with Gasteiger partial charge in [-0.2, -0.15) is 0 Å². The van der Waals surface area contributed by atoms with E-state index in [2.05, 4.69) is 20.9 Å². The molecule has 1 heterocycles. The summed E-state index contributed by atoms with van der Waals surface area (Å²) in [5, 5.41) is 13.7.